The zero-order chi connectivity index (χ0) is 12.5. The molecule has 1 rings (SSSR count). The third-order valence-corrected chi connectivity index (χ3v) is 2.70. The zero-order valence-electron chi connectivity index (χ0n) is 10.2. The van der Waals surface area contributed by atoms with Crippen molar-refractivity contribution >= 4 is 23.3 Å². The number of nitrogens with zero attached hydrogens (tertiary/aromatic N) is 1. The normalized spacial score (nSPS) is 10.2. The maximum atomic E-state index is 11.6. The van der Waals surface area contributed by atoms with Gasteiger partial charge in [-0.05, 0) is 18.6 Å². The van der Waals surface area contributed by atoms with Gasteiger partial charge in [-0.15, -0.1) is 0 Å². The van der Waals surface area contributed by atoms with Gasteiger partial charge in [0.2, 0.25) is 5.91 Å². The molecule has 1 heterocycles. The van der Waals surface area contributed by atoms with Crippen molar-refractivity contribution in [3.8, 4) is 0 Å². The van der Waals surface area contributed by atoms with Crippen LogP contribution in [0.3, 0.4) is 0 Å². The number of unbranched alkanes of at least 4 members (excludes halogenated alkanes) is 4. The van der Waals surface area contributed by atoms with Gasteiger partial charge in [0.15, 0.2) is 0 Å². The predicted molar refractivity (Wildman–Crippen MR) is 71.3 cm³/mol. The number of carbonyl (C=O) groups excluding carboxylic acids is 1. The minimum atomic E-state index is 0.0104. The largest absolute Gasteiger partial charge is 0.311 e. The van der Waals surface area contributed by atoms with Gasteiger partial charge in [-0.25, -0.2) is 4.98 Å². The SMILES string of the molecule is CCCCCCCC(=O)Nc1cccc(Cl)n1. The topological polar surface area (TPSA) is 42.0 Å². The average Bonchev–Trinajstić information content (AvgIpc) is 2.29. The van der Waals surface area contributed by atoms with E-state index in [4.69, 9.17) is 11.6 Å². The summed E-state index contributed by atoms with van der Waals surface area (Å²) >= 11 is 5.73. The van der Waals surface area contributed by atoms with E-state index in [1.54, 1.807) is 18.2 Å². The molecule has 0 aromatic carbocycles. The van der Waals surface area contributed by atoms with Crippen LogP contribution in [0.25, 0.3) is 0 Å². The number of hydrogen-bond acceptors (Lipinski definition) is 2. The molecule has 0 bridgehead atoms. The van der Waals surface area contributed by atoms with Gasteiger partial charge in [0.1, 0.15) is 11.0 Å². The molecule has 3 nitrogen and oxygen atoms in total. The van der Waals surface area contributed by atoms with Crippen LogP contribution in [0.5, 0.6) is 0 Å². The minimum Gasteiger partial charge on any atom is -0.311 e. The highest BCUT2D eigenvalue weighted by molar-refractivity contribution is 6.29. The van der Waals surface area contributed by atoms with Crippen molar-refractivity contribution in [1.82, 2.24) is 4.98 Å². The summed E-state index contributed by atoms with van der Waals surface area (Å²) in [7, 11) is 0. The van der Waals surface area contributed by atoms with Crippen molar-refractivity contribution in [2.45, 2.75) is 45.4 Å². The van der Waals surface area contributed by atoms with Crippen LogP contribution < -0.4 is 5.32 Å². The summed E-state index contributed by atoms with van der Waals surface area (Å²) in [6.45, 7) is 2.18. The molecular weight excluding hydrogens is 236 g/mol. The number of carbonyl (C=O) groups is 1. The first-order valence-electron chi connectivity index (χ1n) is 6.14. The van der Waals surface area contributed by atoms with Gasteiger partial charge < -0.3 is 5.32 Å². The minimum absolute atomic E-state index is 0.0104. The van der Waals surface area contributed by atoms with E-state index in [1.165, 1.54) is 19.3 Å². The van der Waals surface area contributed by atoms with Crippen LogP contribution in [0.1, 0.15) is 45.4 Å². The second kappa shape index (κ2) is 8.07. The summed E-state index contributed by atoms with van der Waals surface area (Å²) in [5, 5.41) is 3.13. The van der Waals surface area contributed by atoms with Crippen LogP contribution >= 0.6 is 11.6 Å². The third-order valence-electron chi connectivity index (χ3n) is 2.49. The maximum Gasteiger partial charge on any atom is 0.225 e. The van der Waals surface area contributed by atoms with Crippen LogP contribution in [-0.2, 0) is 4.79 Å². The highest BCUT2D eigenvalue weighted by atomic mass is 35.5. The number of halogens is 1. The first-order valence-corrected chi connectivity index (χ1v) is 6.52. The fourth-order valence-electron chi connectivity index (χ4n) is 1.57. The molecule has 1 amide bonds. The first kappa shape index (κ1) is 14.0. The molecule has 0 aliphatic carbocycles. The molecule has 0 aliphatic rings. The molecular formula is C13H19ClN2O. The molecule has 0 aliphatic heterocycles. The highest BCUT2D eigenvalue weighted by Gasteiger charge is 2.03. The molecule has 94 valence electrons. The van der Waals surface area contributed by atoms with Gasteiger partial charge >= 0.3 is 0 Å². The molecule has 1 aromatic heterocycles. The van der Waals surface area contributed by atoms with Crippen LogP contribution in [0.4, 0.5) is 5.82 Å². The van der Waals surface area contributed by atoms with Crippen LogP contribution in [0.15, 0.2) is 18.2 Å². The van der Waals surface area contributed by atoms with E-state index in [0.717, 1.165) is 12.8 Å². The van der Waals surface area contributed by atoms with Crippen LogP contribution in [-0.4, -0.2) is 10.9 Å². The van der Waals surface area contributed by atoms with E-state index in [0.29, 0.717) is 17.4 Å². The van der Waals surface area contributed by atoms with E-state index in [-0.39, 0.29) is 5.91 Å². The van der Waals surface area contributed by atoms with Gasteiger partial charge in [-0.2, -0.15) is 0 Å². The van der Waals surface area contributed by atoms with Crippen molar-refractivity contribution < 1.29 is 4.79 Å². The molecule has 0 saturated carbocycles. The molecule has 0 saturated heterocycles. The van der Waals surface area contributed by atoms with E-state index in [9.17, 15) is 4.79 Å². The number of rotatable bonds is 7. The van der Waals surface area contributed by atoms with Gasteiger partial charge in [0.25, 0.3) is 0 Å². The lowest BCUT2D eigenvalue weighted by Gasteiger charge is -2.04. The van der Waals surface area contributed by atoms with Crippen LogP contribution in [0.2, 0.25) is 5.15 Å². The highest BCUT2D eigenvalue weighted by Crippen LogP contribution is 2.10. The molecule has 4 heteroatoms. The standard InChI is InChI=1S/C13H19ClN2O/c1-2-3-4-5-6-10-13(17)16-12-9-7-8-11(14)15-12/h7-9H,2-6,10H2,1H3,(H,15,16,17). The van der Waals surface area contributed by atoms with Crippen molar-refractivity contribution in [1.29, 1.82) is 0 Å². The van der Waals surface area contributed by atoms with Gasteiger partial charge in [-0.1, -0.05) is 50.3 Å². The lowest BCUT2D eigenvalue weighted by molar-refractivity contribution is -0.116. The molecule has 0 radical (unpaired) electrons. The van der Waals surface area contributed by atoms with Gasteiger partial charge in [0.05, 0.1) is 0 Å². The summed E-state index contributed by atoms with van der Waals surface area (Å²) in [5.74, 6) is 0.535. The zero-order valence-corrected chi connectivity index (χ0v) is 11.0. The summed E-state index contributed by atoms with van der Waals surface area (Å²) in [4.78, 5) is 15.6. The summed E-state index contributed by atoms with van der Waals surface area (Å²) in [6.07, 6.45) is 6.28. The number of nitrogens with one attached hydrogen (secondary N) is 1. The van der Waals surface area contributed by atoms with Crippen molar-refractivity contribution in [3.05, 3.63) is 23.4 Å². The second-order valence-corrected chi connectivity index (χ2v) is 4.45. The Labute approximate surface area is 108 Å². The Kier molecular flexibility index (Phi) is 6.63. The lowest BCUT2D eigenvalue weighted by atomic mass is 10.1. The second-order valence-electron chi connectivity index (χ2n) is 4.06. The van der Waals surface area contributed by atoms with Gasteiger partial charge in [0, 0.05) is 6.42 Å². The molecule has 0 spiro atoms. The predicted octanol–water partition coefficient (Wildman–Crippen LogP) is 4.03. The van der Waals surface area contributed by atoms with Crippen molar-refractivity contribution in [2.75, 3.05) is 5.32 Å². The van der Waals surface area contributed by atoms with E-state index in [2.05, 4.69) is 17.2 Å². The summed E-state index contributed by atoms with van der Waals surface area (Å²) in [5.41, 5.74) is 0. The van der Waals surface area contributed by atoms with E-state index >= 15 is 0 Å². The first-order chi connectivity index (χ1) is 8.22. The third kappa shape index (κ3) is 6.27. The number of hydrogen-bond donors (Lipinski definition) is 1. The maximum absolute atomic E-state index is 11.6. The smallest absolute Gasteiger partial charge is 0.225 e. The fourth-order valence-corrected chi connectivity index (χ4v) is 1.74. The molecule has 1 N–H and O–H groups in total. The Balaban J connectivity index is 2.21. The van der Waals surface area contributed by atoms with E-state index in [1.807, 2.05) is 0 Å². The van der Waals surface area contributed by atoms with Crippen molar-refractivity contribution in [3.63, 3.8) is 0 Å². The van der Waals surface area contributed by atoms with E-state index < -0.39 is 0 Å². The fraction of sp³-hybridized carbons (Fsp3) is 0.538. The number of amides is 1. The summed E-state index contributed by atoms with van der Waals surface area (Å²) < 4.78 is 0. The Hall–Kier alpha value is -1.09. The lowest BCUT2D eigenvalue weighted by Crippen LogP contribution is -2.12. The van der Waals surface area contributed by atoms with Crippen molar-refractivity contribution in [2.24, 2.45) is 0 Å². The van der Waals surface area contributed by atoms with Crippen LogP contribution in [0, 0.1) is 0 Å². The average molecular weight is 255 g/mol. The van der Waals surface area contributed by atoms with Gasteiger partial charge in [-0.3, -0.25) is 4.79 Å². The Morgan fingerprint density at radius 1 is 1.29 bits per heavy atom. The molecule has 17 heavy (non-hydrogen) atoms. The molecule has 0 atom stereocenters. The number of anilines is 1. The monoisotopic (exact) mass is 254 g/mol. The Morgan fingerprint density at radius 3 is 2.76 bits per heavy atom. The molecule has 0 fully saturated rings. The molecule has 1 aromatic rings. The number of pyridine rings is 1. The quantitative estimate of drug-likeness (QED) is 0.590. The Bertz CT molecular complexity index is 355. The number of aromatic nitrogens is 1. The molecule has 0 unspecified atom stereocenters. The Morgan fingerprint density at radius 2 is 2.06 bits per heavy atom. The summed E-state index contributed by atoms with van der Waals surface area (Å²) in [6, 6.07) is 5.19.